The number of thiazole rings is 1. The Morgan fingerprint density at radius 1 is 1.20 bits per heavy atom. The highest BCUT2D eigenvalue weighted by Crippen LogP contribution is 2.38. The van der Waals surface area contributed by atoms with Crippen LogP contribution in [0, 0.1) is 6.92 Å². The van der Waals surface area contributed by atoms with Crippen LogP contribution >= 0.6 is 22.9 Å². The average molecular weight is 586 g/mol. The molecule has 0 radical (unpaired) electrons. The van der Waals surface area contributed by atoms with Crippen LogP contribution < -0.4 is 14.9 Å². The van der Waals surface area contributed by atoms with Crippen molar-refractivity contribution in [1.82, 2.24) is 9.13 Å². The summed E-state index contributed by atoms with van der Waals surface area (Å²) >= 11 is 6.86. The summed E-state index contributed by atoms with van der Waals surface area (Å²) in [5.74, 6) is -1.20. The van der Waals surface area contributed by atoms with Crippen LogP contribution in [0.2, 0.25) is 5.02 Å². The first-order chi connectivity index (χ1) is 19.1. The van der Waals surface area contributed by atoms with Crippen molar-refractivity contribution in [2.24, 2.45) is 4.99 Å². The topological polar surface area (TPSA) is 65.6 Å². The summed E-state index contributed by atoms with van der Waals surface area (Å²) in [7, 11) is 0. The van der Waals surface area contributed by atoms with Gasteiger partial charge in [0, 0.05) is 33.7 Å². The normalized spacial score (nSPS) is 15.8. The van der Waals surface area contributed by atoms with E-state index in [-0.39, 0.29) is 21.5 Å². The Labute approximate surface area is 235 Å². The van der Waals surface area contributed by atoms with Crippen molar-refractivity contribution >= 4 is 45.9 Å². The van der Waals surface area contributed by atoms with Gasteiger partial charge in [-0.25, -0.2) is 9.79 Å². The number of nitrogens with zero attached hydrogens (tertiary/aromatic N) is 3. The van der Waals surface area contributed by atoms with Crippen molar-refractivity contribution in [2.45, 2.75) is 32.6 Å². The molecule has 0 N–H and O–H groups in total. The standard InChI is InChI=1S/C29H23ClF3N3O3S/c1-4-14-35-16(3)20(19-8-6-7-9-21(19)35)15-22-26(37)36-24(17-10-12-18(30)13-11-17)23(27(38)39-5-2)25(29(31,32)33)34-28(36)40-22/h4,6-13,15,24H,1,5,14H2,2-3H3/b22-15-/t24-/m0/s1. The number of rotatable bonds is 6. The van der Waals surface area contributed by atoms with Crippen LogP contribution in [0.25, 0.3) is 17.0 Å². The third-order valence-electron chi connectivity index (χ3n) is 6.65. The Kier molecular flexibility index (Phi) is 7.32. The van der Waals surface area contributed by atoms with E-state index in [0.29, 0.717) is 11.6 Å². The number of alkyl halides is 3. The van der Waals surface area contributed by atoms with Gasteiger partial charge >= 0.3 is 12.1 Å². The summed E-state index contributed by atoms with van der Waals surface area (Å²) in [5.41, 5.74) is 0.0896. The van der Waals surface area contributed by atoms with Crippen LogP contribution in [0.4, 0.5) is 13.2 Å². The average Bonchev–Trinajstić information content (AvgIpc) is 3.37. The molecule has 11 heteroatoms. The number of carbonyl (C=O) groups excluding carboxylic acids is 1. The molecule has 2 aromatic carbocycles. The fraction of sp³-hybridized carbons (Fsp3) is 0.207. The Balaban J connectivity index is 1.83. The number of aromatic nitrogens is 2. The third-order valence-corrected chi connectivity index (χ3v) is 7.88. The van der Waals surface area contributed by atoms with Gasteiger partial charge in [0.2, 0.25) is 0 Å². The maximum absolute atomic E-state index is 14.3. The second-order valence-electron chi connectivity index (χ2n) is 9.03. The summed E-state index contributed by atoms with van der Waals surface area (Å²) in [6, 6.07) is 12.2. The Bertz CT molecular complexity index is 1860. The van der Waals surface area contributed by atoms with E-state index < -0.39 is 35.0 Å². The van der Waals surface area contributed by atoms with Crippen molar-refractivity contribution in [2.75, 3.05) is 6.61 Å². The van der Waals surface area contributed by atoms with Gasteiger partial charge in [0.1, 0.15) is 0 Å². The van der Waals surface area contributed by atoms with E-state index in [1.54, 1.807) is 12.2 Å². The summed E-state index contributed by atoms with van der Waals surface area (Å²) in [6.45, 7) is 7.60. The minimum Gasteiger partial charge on any atom is -0.463 e. The number of benzene rings is 2. The summed E-state index contributed by atoms with van der Waals surface area (Å²) in [6.07, 6.45) is -1.54. The zero-order chi connectivity index (χ0) is 28.8. The number of esters is 1. The second kappa shape index (κ2) is 10.6. The lowest BCUT2D eigenvalue weighted by Gasteiger charge is -2.26. The van der Waals surface area contributed by atoms with Crippen LogP contribution in [-0.2, 0) is 16.1 Å². The first-order valence-corrected chi connectivity index (χ1v) is 13.5. The molecule has 0 spiro atoms. The molecule has 4 aromatic rings. The quantitative estimate of drug-likeness (QED) is 0.223. The van der Waals surface area contributed by atoms with Gasteiger partial charge in [-0.05, 0) is 43.7 Å². The lowest BCUT2D eigenvalue weighted by atomic mass is 9.95. The number of hydrogen-bond acceptors (Lipinski definition) is 5. The minimum atomic E-state index is -4.98. The highest BCUT2D eigenvalue weighted by Gasteiger charge is 2.45. The fourth-order valence-corrected chi connectivity index (χ4v) is 6.04. The molecule has 206 valence electrons. The molecule has 0 unspecified atom stereocenters. The monoisotopic (exact) mass is 585 g/mol. The summed E-state index contributed by atoms with van der Waals surface area (Å²) in [5, 5.41) is 1.23. The van der Waals surface area contributed by atoms with E-state index in [1.807, 2.05) is 35.8 Å². The summed E-state index contributed by atoms with van der Waals surface area (Å²) in [4.78, 5) is 30.5. The lowest BCUT2D eigenvalue weighted by molar-refractivity contribution is -0.140. The number of halogens is 4. The van der Waals surface area contributed by atoms with Gasteiger partial charge in [-0.1, -0.05) is 59.3 Å². The van der Waals surface area contributed by atoms with Gasteiger partial charge in [0.15, 0.2) is 10.5 Å². The number of para-hydroxylation sites is 1. The molecule has 40 heavy (non-hydrogen) atoms. The third kappa shape index (κ3) is 4.71. The van der Waals surface area contributed by atoms with Gasteiger partial charge in [0.25, 0.3) is 5.56 Å². The van der Waals surface area contributed by atoms with Crippen LogP contribution in [-0.4, -0.2) is 27.9 Å². The van der Waals surface area contributed by atoms with Gasteiger partial charge < -0.3 is 9.30 Å². The van der Waals surface area contributed by atoms with Crippen LogP contribution in [0.3, 0.4) is 0 Å². The predicted molar refractivity (Wildman–Crippen MR) is 149 cm³/mol. The van der Waals surface area contributed by atoms with E-state index >= 15 is 0 Å². The number of carbonyl (C=O) groups is 1. The summed E-state index contributed by atoms with van der Waals surface area (Å²) < 4.78 is 51.3. The van der Waals surface area contributed by atoms with Gasteiger partial charge in [-0.15, -0.1) is 6.58 Å². The molecule has 1 aliphatic heterocycles. The highest BCUT2D eigenvalue weighted by molar-refractivity contribution is 7.07. The molecule has 1 aliphatic rings. The first kappa shape index (κ1) is 27.7. The second-order valence-corrected chi connectivity index (χ2v) is 10.5. The fourth-order valence-electron chi connectivity index (χ4n) is 4.94. The molecule has 0 bridgehead atoms. The Morgan fingerprint density at radius 3 is 2.55 bits per heavy atom. The molecule has 5 rings (SSSR count). The van der Waals surface area contributed by atoms with Gasteiger partial charge in [-0.2, -0.15) is 13.2 Å². The van der Waals surface area contributed by atoms with Crippen molar-refractivity contribution < 1.29 is 22.7 Å². The highest BCUT2D eigenvalue weighted by atomic mass is 35.5. The van der Waals surface area contributed by atoms with E-state index in [2.05, 4.69) is 11.6 Å². The zero-order valence-electron chi connectivity index (χ0n) is 21.5. The lowest BCUT2D eigenvalue weighted by Crippen LogP contribution is -2.41. The Hall–Kier alpha value is -3.89. The van der Waals surface area contributed by atoms with E-state index in [0.717, 1.165) is 38.1 Å². The maximum Gasteiger partial charge on any atom is 0.434 e. The predicted octanol–water partition coefficient (Wildman–Crippen LogP) is 5.44. The van der Waals surface area contributed by atoms with Gasteiger partial charge in [0.05, 0.1) is 22.8 Å². The molecule has 0 amide bonds. The molecular formula is C29H23ClF3N3O3S. The molecular weight excluding hydrogens is 563 g/mol. The van der Waals surface area contributed by atoms with Crippen molar-refractivity contribution in [3.05, 3.63) is 114 Å². The Morgan fingerprint density at radius 2 is 1.90 bits per heavy atom. The number of hydrogen-bond donors (Lipinski definition) is 0. The SMILES string of the molecule is C=CCn1c(C)c(/C=c2\sc3n(c2=O)[C@@H](c2ccc(Cl)cc2)C(C(=O)OCC)=C(C(F)(F)F)N=3)c2ccccc21. The smallest absolute Gasteiger partial charge is 0.434 e. The molecule has 0 saturated heterocycles. The molecule has 2 aromatic heterocycles. The number of allylic oxidation sites excluding steroid dienone is 2. The van der Waals surface area contributed by atoms with Crippen LogP contribution in [0.15, 0.2) is 82.2 Å². The van der Waals surface area contributed by atoms with Crippen LogP contribution in [0.5, 0.6) is 0 Å². The van der Waals surface area contributed by atoms with Crippen molar-refractivity contribution in [3.63, 3.8) is 0 Å². The minimum absolute atomic E-state index is 0.153. The molecule has 0 fully saturated rings. The maximum atomic E-state index is 14.3. The van der Waals surface area contributed by atoms with Crippen molar-refractivity contribution in [1.29, 1.82) is 0 Å². The van der Waals surface area contributed by atoms with E-state index in [9.17, 15) is 22.8 Å². The van der Waals surface area contributed by atoms with Crippen LogP contribution in [0.1, 0.15) is 29.8 Å². The number of fused-ring (bicyclic) bond motifs is 2. The molecule has 3 heterocycles. The number of ether oxygens (including phenoxy) is 1. The molecule has 0 saturated carbocycles. The first-order valence-electron chi connectivity index (χ1n) is 12.3. The van der Waals surface area contributed by atoms with Crippen molar-refractivity contribution in [3.8, 4) is 0 Å². The van der Waals surface area contributed by atoms with E-state index in [1.165, 1.54) is 31.2 Å². The van der Waals surface area contributed by atoms with Gasteiger partial charge in [-0.3, -0.25) is 9.36 Å². The molecule has 6 nitrogen and oxygen atoms in total. The zero-order valence-corrected chi connectivity index (χ0v) is 23.0. The molecule has 0 aliphatic carbocycles. The largest absolute Gasteiger partial charge is 0.463 e. The van der Waals surface area contributed by atoms with E-state index in [4.69, 9.17) is 16.3 Å². The molecule has 1 atom stereocenters.